The lowest BCUT2D eigenvalue weighted by Gasteiger charge is -2.00. The molecule has 0 amide bonds. The molecule has 0 aromatic carbocycles. The van der Waals surface area contributed by atoms with E-state index in [-0.39, 0.29) is 5.97 Å². The van der Waals surface area contributed by atoms with Crippen molar-refractivity contribution in [1.82, 2.24) is 0 Å². The fraction of sp³-hybridized carbons (Fsp3) is 0.571. The highest BCUT2D eigenvalue weighted by molar-refractivity contribution is 7.98. The van der Waals surface area contributed by atoms with E-state index in [0.717, 1.165) is 11.3 Å². The van der Waals surface area contributed by atoms with Gasteiger partial charge in [-0.1, -0.05) is 6.08 Å². The number of esters is 1. The largest absolute Gasteiger partial charge is 0.466 e. The predicted molar refractivity (Wildman–Crippen MR) is 44.2 cm³/mol. The quantitative estimate of drug-likeness (QED) is 0.462. The van der Waals surface area contributed by atoms with Crippen LogP contribution in [0, 0.1) is 0 Å². The molecule has 0 saturated carbocycles. The van der Waals surface area contributed by atoms with Crippen molar-refractivity contribution in [2.24, 2.45) is 0 Å². The molecule has 0 rings (SSSR count). The first-order chi connectivity index (χ1) is 4.76. The molecule has 0 aliphatic rings. The van der Waals surface area contributed by atoms with Crippen LogP contribution in [0.25, 0.3) is 0 Å². The van der Waals surface area contributed by atoms with Gasteiger partial charge in [-0.25, -0.2) is 4.79 Å². The summed E-state index contributed by atoms with van der Waals surface area (Å²) in [6, 6.07) is 0. The molecule has 0 radical (unpaired) electrons. The van der Waals surface area contributed by atoms with Crippen LogP contribution in [0.15, 0.2) is 11.6 Å². The van der Waals surface area contributed by atoms with Crippen molar-refractivity contribution < 1.29 is 9.53 Å². The Balaban J connectivity index is 3.95. The number of ether oxygens (including phenoxy) is 1. The van der Waals surface area contributed by atoms with E-state index in [1.165, 1.54) is 7.11 Å². The Labute approximate surface area is 65.6 Å². The molecule has 58 valence electrons. The minimum atomic E-state index is -0.225. The van der Waals surface area contributed by atoms with Gasteiger partial charge in [0.1, 0.15) is 0 Å². The summed E-state index contributed by atoms with van der Waals surface area (Å²) in [5.41, 5.74) is 0.731. The Bertz CT molecular complexity index is 141. The van der Waals surface area contributed by atoms with Crippen LogP contribution in [0.2, 0.25) is 0 Å². The summed E-state index contributed by atoms with van der Waals surface area (Å²) in [5, 5.41) is 0. The third kappa shape index (κ3) is 2.92. The zero-order valence-corrected chi connectivity index (χ0v) is 7.33. The third-order valence-electron chi connectivity index (χ3n) is 1.10. The first-order valence-electron chi connectivity index (χ1n) is 2.98. The molecule has 2 nitrogen and oxygen atoms in total. The van der Waals surface area contributed by atoms with Gasteiger partial charge in [0.15, 0.2) is 0 Å². The average molecular weight is 160 g/mol. The van der Waals surface area contributed by atoms with Crippen molar-refractivity contribution in [1.29, 1.82) is 0 Å². The van der Waals surface area contributed by atoms with Crippen LogP contribution in [-0.4, -0.2) is 25.1 Å². The van der Waals surface area contributed by atoms with E-state index in [2.05, 4.69) is 4.74 Å². The number of allylic oxidation sites excluding steroid dienone is 1. The first kappa shape index (κ1) is 9.56. The fourth-order valence-electron chi connectivity index (χ4n) is 0.547. The number of carbonyl (C=O) groups excluding carboxylic acids is 1. The highest BCUT2D eigenvalue weighted by atomic mass is 32.2. The molecule has 3 heteroatoms. The molecule has 0 fully saturated rings. The van der Waals surface area contributed by atoms with Gasteiger partial charge in [-0.2, -0.15) is 11.8 Å². The van der Waals surface area contributed by atoms with Crippen LogP contribution >= 0.6 is 11.8 Å². The summed E-state index contributed by atoms with van der Waals surface area (Å²) in [6.07, 6.45) is 3.73. The molecule has 0 bridgehead atoms. The van der Waals surface area contributed by atoms with Crippen LogP contribution in [0.1, 0.15) is 6.92 Å². The standard InChI is InChI=1S/C7H12O2S/c1-4-6(5-10-3)7(8)9-2/h4H,5H2,1-3H3/b6-4+. The molecule has 0 aromatic heterocycles. The summed E-state index contributed by atoms with van der Waals surface area (Å²) >= 11 is 1.61. The number of hydrogen-bond acceptors (Lipinski definition) is 3. The molecule has 0 unspecified atom stereocenters. The van der Waals surface area contributed by atoms with Gasteiger partial charge in [-0.05, 0) is 13.2 Å². The first-order valence-corrected chi connectivity index (χ1v) is 4.38. The van der Waals surface area contributed by atoms with Crippen molar-refractivity contribution in [2.45, 2.75) is 6.92 Å². The van der Waals surface area contributed by atoms with Crippen LogP contribution in [0.3, 0.4) is 0 Å². The van der Waals surface area contributed by atoms with Gasteiger partial charge in [0.2, 0.25) is 0 Å². The minimum absolute atomic E-state index is 0.225. The van der Waals surface area contributed by atoms with Crippen LogP contribution in [0.4, 0.5) is 0 Å². The predicted octanol–water partition coefficient (Wildman–Crippen LogP) is 1.47. The van der Waals surface area contributed by atoms with Gasteiger partial charge in [-0.15, -0.1) is 0 Å². The maximum absolute atomic E-state index is 10.8. The van der Waals surface area contributed by atoms with Crippen molar-refractivity contribution >= 4 is 17.7 Å². The second-order valence-electron chi connectivity index (χ2n) is 1.74. The van der Waals surface area contributed by atoms with Gasteiger partial charge in [0, 0.05) is 11.3 Å². The van der Waals surface area contributed by atoms with E-state index in [1.807, 2.05) is 13.2 Å². The highest BCUT2D eigenvalue weighted by Gasteiger charge is 2.05. The van der Waals surface area contributed by atoms with E-state index in [9.17, 15) is 4.79 Å². The van der Waals surface area contributed by atoms with E-state index in [1.54, 1.807) is 17.8 Å². The Morgan fingerprint density at radius 1 is 1.70 bits per heavy atom. The Hall–Kier alpha value is -0.440. The second kappa shape index (κ2) is 5.35. The maximum atomic E-state index is 10.8. The molecule has 0 atom stereocenters. The molecule has 0 heterocycles. The lowest BCUT2D eigenvalue weighted by atomic mass is 10.3. The molecule has 0 saturated heterocycles. The van der Waals surface area contributed by atoms with Gasteiger partial charge in [-0.3, -0.25) is 0 Å². The van der Waals surface area contributed by atoms with Gasteiger partial charge in [0.05, 0.1) is 7.11 Å². The molecule has 0 N–H and O–H groups in total. The number of carbonyl (C=O) groups is 1. The summed E-state index contributed by atoms with van der Waals surface area (Å²) < 4.78 is 4.54. The van der Waals surface area contributed by atoms with Crippen molar-refractivity contribution in [3.8, 4) is 0 Å². The van der Waals surface area contributed by atoms with Crippen LogP contribution < -0.4 is 0 Å². The third-order valence-corrected chi connectivity index (χ3v) is 1.70. The minimum Gasteiger partial charge on any atom is -0.466 e. The fourth-order valence-corrected chi connectivity index (χ4v) is 1.14. The molecular formula is C7H12O2S. The molecule has 0 aromatic rings. The van der Waals surface area contributed by atoms with Crippen molar-refractivity contribution in [3.63, 3.8) is 0 Å². The van der Waals surface area contributed by atoms with Crippen molar-refractivity contribution in [2.75, 3.05) is 19.1 Å². The van der Waals surface area contributed by atoms with E-state index >= 15 is 0 Å². The van der Waals surface area contributed by atoms with Gasteiger partial charge in [0.25, 0.3) is 0 Å². The van der Waals surface area contributed by atoms with E-state index in [0.29, 0.717) is 0 Å². The van der Waals surface area contributed by atoms with Crippen LogP contribution in [0.5, 0.6) is 0 Å². The topological polar surface area (TPSA) is 26.3 Å². The molecule has 10 heavy (non-hydrogen) atoms. The summed E-state index contributed by atoms with van der Waals surface area (Å²) in [4.78, 5) is 10.8. The number of thioether (sulfide) groups is 1. The molecule has 0 aliphatic heterocycles. The van der Waals surface area contributed by atoms with Gasteiger partial charge >= 0.3 is 5.97 Å². The second-order valence-corrected chi connectivity index (χ2v) is 2.60. The Kier molecular flexibility index (Phi) is 5.12. The summed E-state index contributed by atoms with van der Waals surface area (Å²) in [7, 11) is 1.40. The normalized spacial score (nSPS) is 11.3. The number of methoxy groups -OCH3 is 1. The van der Waals surface area contributed by atoms with Gasteiger partial charge < -0.3 is 4.74 Å². The Morgan fingerprint density at radius 3 is 2.60 bits per heavy atom. The molecule has 0 spiro atoms. The van der Waals surface area contributed by atoms with Crippen molar-refractivity contribution in [3.05, 3.63) is 11.6 Å². The maximum Gasteiger partial charge on any atom is 0.334 e. The molecule has 0 aliphatic carbocycles. The summed E-state index contributed by atoms with van der Waals surface area (Å²) in [6.45, 7) is 1.84. The lowest BCUT2D eigenvalue weighted by Crippen LogP contribution is -2.06. The Morgan fingerprint density at radius 2 is 2.30 bits per heavy atom. The zero-order valence-electron chi connectivity index (χ0n) is 6.51. The highest BCUT2D eigenvalue weighted by Crippen LogP contribution is 2.04. The summed E-state index contributed by atoms with van der Waals surface area (Å²) in [5.74, 6) is 0.500. The SMILES string of the molecule is C/C=C(\CSC)C(=O)OC. The van der Waals surface area contributed by atoms with E-state index in [4.69, 9.17) is 0 Å². The molecular weight excluding hydrogens is 148 g/mol. The zero-order chi connectivity index (χ0) is 7.98. The van der Waals surface area contributed by atoms with Crippen LogP contribution in [-0.2, 0) is 9.53 Å². The van der Waals surface area contributed by atoms with E-state index < -0.39 is 0 Å². The monoisotopic (exact) mass is 160 g/mol. The average Bonchev–Trinajstić information content (AvgIpc) is 1.99. The lowest BCUT2D eigenvalue weighted by molar-refractivity contribution is -0.135. The number of rotatable bonds is 3. The smallest absolute Gasteiger partial charge is 0.334 e. The number of hydrogen-bond donors (Lipinski definition) is 0.